The van der Waals surface area contributed by atoms with Crippen molar-refractivity contribution in [1.82, 2.24) is 4.67 Å². The summed E-state index contributed by atoms with van der Waals surface area (Å²) in [7, 11) is 0.578. The van der Waals surface area contributed by atoms with Crippen molar-refractivity contribution < 1.29 is 0 Å². The zero-order chi connectivity index (χ0) is 35.2. The van der Waals surface area contributed by atoms with Gasteiger partial charge in [-0.3, -0.25) is 4.67 Å². The number of nitrogens with zero attached hydrogens (tertiary/aromatic N) is 1. The average molecular weight is 788 g/mol. The van der Waals surface area contributed by atoms with Gasteiger partial charge in [0.25, 0.3) is 0 Å². The number of hydrogen-bond acceptors (Lipinski definition) is 2. The fourth-order valence-corrected chi connectivity index (χ4v) is 41.8. The first-order valence-corrected chi connectivity index (χ1v) is 31.9. The second-order valence-corrected chi connectivity index (χ2v) is 34.2. The molecule has 5 heterocycles. The van der Waals surface area contributed by atoms with Crippen LogP contribution in [0.15, 0.2) is 0 Å². The van der Waals surface area contributed by atoms with Crippen molar-refractivity contribution in [3.63, 3.8) is 0 Å². The Morgan fingerprint density at radius 1 is 0.408 bits per heavy atom. The molecule has 1 nitrogen and oxygen atoms in total. The fourth-order valence-electron chi connectivity index (χ4n) is 12.0. The summed E-state index contributed by atoms with van der Waals surface area (Å²) in [4.78, 5) is 0. The molecular formula is C42H82NP5S. The highest BCUT2D eigenvalue weighted by molar-refractivity contribution is 8.85. The van der Waals surface area contributed by atoms with Gasteiger partial charge in [0.1, 0.15) is 0 Å². The molecule has 5 aliphatic rings. The Morgan fingerprint density at radius 3 is 1.29 bits per heavy atom. The Hall–Kier alpha value is 2.46. The average Bonchev–Trinajstić information content (AvgIpc) is 3.95. The van der Waals surface area contributed by atoms with E-state index >= 15 is 0 Å². The molecule has 5 saturated heterocycles. The maximum Gasteiger partial charge on any atom is 0.0231 e. The van der Waals surface area contributed by atoms with Crippen molar-refractivity contribution in [3.8, 4) is 0 Å². The van der Waals surface area contributed by atoms with E-state index in [0.717, 1.165) is 68.4 Å². The monoisotopic (exact) mass is 787 g/mol. The van der Waals surface area contributed by atoms with Gasteiger partial charge in [-0.25, -0.2) is 0 Å². The molecule has 4 unspecified atom stereocenters. The molecule has 0 spiro atoms. The molecule has 0 N–H and O–H groups in total. The van der Waals surface area contributed by atoms with Crippen molar-refractivity contribution >= 4 is 49.2 Å². The van der Waals surface area contributed by atoms with Crippen molar-refractivity contribution in [1.29, 1.82) is 0 Å². The molecule has 14 atom stereocenters. The normalized spacial score (nSPS) is 42.4. The van der Waals surface area contributed by atoms with E-state index in [2.05, 4.69) is 84.9 Å². The predicted octanol–water partition coefficient (Wildman–Crippen LogP) is 16.3. The molecule has 5 fully saturated rings. The quantitative estimate of drug-likeness (QED) is 0.127. The zero-order valence-corrected chi connectivity index (χ0v) is 39.5. The Bertz CT molecular complexity index is 935. The number of hydrogen-bond donors (Lipinski definition) is 0. The van der Waals surface area contributed by atoms with E-state index in [9.17, 15) is 0 Å². The van der Waals surface area contributed by atoms with Gasteiger partial charge in [-0.2, -0.15) is 0 Å². The zero-order valence-electron chi connectivity index (χ0n) is 34.2. The van der Waals surface area contributed by atoms with Gasteiger partial charge in [0.15, 0.2) is 0 Å². The summed E-state index contributed by atoms with van der Waals surface area (Å²) in [5.74, 6) is 2.09. The smallest absolute Gasteiger partial charge is 0.0231 e. The van der Waals surface area contributed by atoms with Gasteiger partial charge in [0.2, 0.25) is 0 Å². The van der Waals surface area contributed by atoms with Gasteiger partial charge in [0, 0.05) is 12.6 Å². The molecule has 7 heteroatoms. The summed E-state index contributed by atoms with van der Waals surface area (Å²) >= 11 is 2.71. The van der Waals surface area contributed by atoms with Gasteiger partial charge in [-0.15, -0.1) is 11.0 Å². The summed E-state index contributed by atoms with van der Waals surface area (Å²) in [6.45, 7) is 25.8. The lowest BCUT2D eigenvalue weighted by Crippen LogP contribution is -2.31. The predicted molar refractivity (Wildman–Crippen MR) is 238 cm³/mol. The fraction of sp³-hybridized carbons (Fsp3) is 1.00. The lowest BCUT2D eigenvalue weighted by molar-refractivity contribution is 0.293. The SMILES string of the molecule is CC[C@@H]1CC[C@@H](CC)P1CN(CP1[C@H](CC)CC(C2C[C@@H](CC)P(SP3[C@H](CC)CC[C@H]3CC)[C@@H]2CC)[C@H]1CC)P1[C@H](CC)CC[C@H]1CC. The first kappa shape index (κ1) is 42.6. The second kappa shape index (κ2) is 20.6. The molecular weight excluding hydrogens is 705 g/mol. The Morgan fingerprint density at radius 2 is 0.816 bits per heavy atom. The van der Waals surface area contributed by atoms with Gasteiger partial charge in [-0.05, 0) is 206 Å². The molecule has 0 radical (unpaired) electrons. The molecule has 286 valence electrons. The largest absolute Gasteiger partial charge is 0.273 e. The van der Waals surface area contributed by atoms with E-state index in [4.69, 9.17) is 0 Å². The highest BCUT2D eigenvalue weighted by Crippen LogP contribution is 2.83. The summed E-state index contributed by atoms with van der Waals surface area (Å²) < 4.78 is 3.41. The number of rotatable bonds is 18. The minimum Gasteiger partial charge on any atom is -0.273 e. The van der Waals surface area contributed by atoms with Crippen LogP contribution >= 0.6 is 49.2 Å². The Balaban J connectivity index is 1.41. The highest BCUT2D eigenvalue weighted by atomic mass is 33.1. The van der Waals surface area contributed by atoms with E-state index in [1.165, 1.54) is 64.2 Å². The Labute approximate surface area is 318 Å². The van der Waals surface area contributed by atoms with Crippen LogP contribution in [0.25, 0.3) is 0 Å². The van der Waals surface area contributed by atoms with E-state index in [-0.39, 0.29) is 38.2 Å². The molecule has 0 aromatic heterocycles. The van der Waals surface area contributed by atoms with Crippen LogP contribution in [0.3, 0.4) is 0 Å². The van der Waals surface area contributed by atoms with Crippen LogP contribution < -0.4 is 0 Å². The summed E-state index contributed by atoms with van der Waals surface area (Å²) in [6, 6.07) is 0. The third-order valence-corrected chi connectivity index (χ3v) is 40.4. The summed E-state index contributed by atoms with van der Waals surface area (Å²) in [6.07, 6.45) is 30.2. The molecule has 0 saturated carbocycles. The topological polar surface area (TPSA) is 3.24 Å². The van der Waals surface area contributed by atoms with Crippen molar-refractivity contribution in [2.75, 3.05) is 12.6 Å². The van der Waals surface area contributed by atoms with E-state index in [1.807, 2.05) is 0 Å². The van der Waals surface area contributed by atoms with Crippen LogP contribution in [0, 0.1) is 11.8 Å². The molecule has 0 amide bonds. The van der Waals surface area contributed by atoms with Crippen molar-refractivity contribution in [3.05, 3.63) is 0 Å². The molecule has 0 aromatic rings. The van der Waals surface area contributed by atoms with E-state index in [1.54, 1.807) is 63.9 Å². The minimum atomic E-state index is 0.0298. The lowest BCUT2D eigenvalue weighted by atomic mass is 9.79. The summed E-state index contributed by atoms with van der Waals surface area (Å²) in [5.41, 5.74) is 10.5. The lowest BCUT2D eigenvalue weighted by Gasteiger charge is -2.43. The van der Waals surface area contributed by atoms with Crippen LogP contribution in [0.1, 0.15) is 185 Å². The van der Waals surface area contributed by atoms with E-state index < -0.39 is 0 Å². The Kier molecular flexibility index (Phi) is 17.9. The molecule has 5 aliphatic heterocycles. The highest BCUT2D eigenvalue weighted by Gasteiger charge is 2.54. The van der Waals surface area contributed by atoms with Crippen LogP contribution in [0.2, 0.25) is 0 Å². The standard InChI is InChI=1S/C42H82NP5S/c1-11-31-21-22-32(12-2)44(31)29-43(46-33(13-3)23-24-34(46)14-4)30-45-37(17-7)27-39(41(45)19-9)40-28-38(18-8)48(42(40)20-10)49-47-35(15-5)25-26-36(47)16-6/h31-42H,11-30H2,1-10H3/t31-,32-,33-,34-,35-,36-,37-,38-,39?,40?,41-,42-,45?,48?/m1/s1. The van der Waals surface area contributed by atoms with Gasteiger partial charge < -0.3 is 0 Å². The summed E-state index contributed by atoms with van der Waals surface area (Å²) in [5, 5.41) is 0. The van der Waals surface area contributed by atoms with Gasteiger partial charge >= 0.3 is 0 Å². The molecule has 0 bridgehead atoms. The third kappa shape index (κ3) is 9.21. The van der Waals surface area contributed by atoms with Crippen molar-refractivity contribution in [2.24, 2.45) is 11.8 Å². The van der Waals surface area contributed by atoms with Crippen LogP contribution in [-0.2, 0) is 0 Å². The maximum atomic E-state index is 3.41. The van der Waals surface area contributed by atoms with Gasteiger partial charge in [-0.1, -0.05) is 85.1 Å². The minimum absolute atomic E-state index is 0.0298. The molecule has 5 rings (SSSR count). The molecule has 0 aromatic carbocycles. The van der Waals surface area contributed by atoms with Gasteiger partial charge in [0.05, 0.1) is 0 Å². The van der Waals surface area contributed by atoms with Crippen LogP contribution in [-0.4, -0.2) is 73.8 Å². The van der Waals surface area contributed by atoms with Crippen LogP contribution in [0.5, 0.6) is 0 Å². The maximum absolute atomic E-state index is 3.41. The molecule has 0 aliphatic carbocycles. The first-order chi connectivity index (χ1) is 23.9. The second-order valence-electron chi connectivity index (χ2n) is 17.0. The van der Waals surface area contributed by atoms with E-state index in [0.29, 0.717) is 0 Å². The molecule has 49 heavy (non-hydrogen) atoms. The van der Waals surface area contributed by atoms with Crippen molar-refractivity contribution in [2.45, 2.75) is 241 Å². The first-order valence-electron chi connectivity index (χ1n) is 22.1. The third-order valence-electron chi connectivity index (χ3n) is 14.9. The van der Waals surface area contributed by atoms with Crippen LogP contribution in [0.4, 0.5) is 0 Å².